The molecule has 1 N–H and O–H groups in total. The summed E-state index contributed by atoms with van der Waals surface area (Å²) < 4.78 is 0. The first kappa shape index (κ1) is 18.4. The lowest BCUT2D eigenvalue weighted by Crippen LogP contribution is -2.30. The molecule has 1 aliphatic carbocycles. The topological polar surface area (TPSA) is 37.3 Å². The van der Waals surface area contributed by atoms with Crippen molar-refractivity contribution < 1.29 is 9.90 Å². The Balaban J connectivity index is 2.24. The zero-order valence-corrected chi connectivity index (χ0v) is 16.3. The highest BCUT2D eigenvalue weighted by atomic mass is 16.4. The van der Waals surface area contributed by atoms with Crippen LogP contribution in [0.4, 0.5) is 0 Å². The fourth-order valence-corrected chi connectivity index (χ4v) is 4.78. The summed E-state index contributed by atoms with van der Waals surface area (Å²) in [4.78, 5) is 11.8. The van der Waals surface area contributed by atoms with Crippen molar-refractivity contribution in [2.24, 2.45) is 11.8 Å². The molecule has 4 atom stereocenters. The molecule has 0 fully saturated rings. The third-order valence-corrected chi connectivity index (χ3v) is 6.41. The largest absolute Gasteiger partial charge is 0.478 e. The maximum atomic E-state index is 11.8. The highest BCUT2D eigenvalue weighted by Gasteiger charge is 2.39. The molecule has 4 unspecified atom stereocenters. The van der Waals surface area contributed by atoms with E-state index < -0.39 is 5.97 Å². The van der Waals surface area contributed by atoms with Crippen molar-refractivity contribution in [1.29, 1.82) is 0 Å². The van der Waals surface area contributed by atoms with Gasteiger partial charge in [0.25, 0.3) is 0 Å². The molecule has 0 aromatic heterocycles. The Bertz CT molecular complexity index is 862. The number of aromatic carboxylic acids is 1. The van der Waals surface area contributed by atoms with Crippen molar-refractivity contribution in [3.05, 3.63) is 76.4 Å². The highest BCUT2D eigenvalue weighted by Crippen LogP contribution is 2.52. The van der Waals surface area contributed by atoms with Gasteiger partial charge in [-0.1, -0.05) is 63.2 Å². The number of hydrogen-bond donors (Lipinski definition) is 1. The average Bonchev–Trinajstić information content (AvgIpc) is 2.63. The number of aryl methyl sites for hydroxylation is 1. The van der Waals surface area contributed by atoms with Crippen LogP contribution in [0.2, 0.25) is 0 Å². The molecule has 0 amide bonds. The Morgan fingerprint density at radius 1 is 0.962 bits per heavy atom. The summed E-state index contributed by atoms with van der Waals surface area (Å²) >= 11 is 0. The van der Waals surface area contributed by atoms with Gasteiger partial charge in [-0.15, -0.1) is 0 Å². The molecule has 26 heavy (non-hydrogen) atoms. The van der Waals surface area contributed by atoms with Crippen LogP contribution in [0, 0.1) is 18.8 Å². The molecule has 0 bridgehead atoms. The second kappa shape index (κ2) is 7.11. The van der Waals surface area contributed by atoms with Crippen molar-refractivity contribution in [2.75, 3.05) is 0 Å². The van der Waals surface area contributed by atoms with E-state index in [0.717, 1.165) is 11.1 Å². The Hall–Kier alpha value is -2.35. The molecule has 136 valence electrons. The summed E-state index contributed by atoms with van der Waals surface area (Å²) in [5.74, 6) is 0.814. The maximum Gasteiger partial charge on any atom is 0.336 e. The first-order chi connectivity index (χ1) is 12.4. The molecule has 3 rings (SSSR count). The van der Waals surface area contributed by atoms with Crippen molar-refractivity contribution >= 4 is 11.5 Å². The normalized spacial score (nSPS) is 25.7. The van der Waals surface area contributed by atoms with Crippen LogP contribution in [0.3, 0.4) is 0 Å². The number of allylic oxidation sites excluding steroid dienone is 2. The predicted molar refractivity (Wildman–Crippen MR) is 108 cm³/mol. The van der Waals surface area contributed by atoms with E-state index in [1.54, 1.807) is 12.1 Å². The summed E-state index contributed by atoms with van der Waals surface area (Å²) in [7, 11) is 0. The SMILES string of the molecule is C/C=C(/c1ccccc1C(=O)O)C1c2cccc(C)c2C(C)C(C)C1C. The molecule has 2 aromatic carbocycles. The van der Waals surface area contributed by atoms with Crippen LogP contribution in [0.25, 0.3) is 5.57 Å². The summed E-state index contributed by atoms with van der Waals surface area (Å²) in [5.41, 5.74) is 6.48. The average molecular weight is 348 g/mol. The fraction of sp³-hybridized carbons (Fsp3) is 0.375. The minimum Gasteiger partial charge on any atom is -0.478 e. The lowest BCUT2D eigenvalue weighted by Gasteiger charge is -2.42. The molecule has 0 aliphatic heterocycles. The van der Waals surface area contributed by atoms with Crippen molar-refractivity contribution in [2.45, 2.75) is 46.5 Å². The third kappa shape index (κ3) is 2.88. The van der Waals surface area contributed by atoms with E-state index in [-0.39, 0.29) is 5.92 Å². The van der Waals surface area contributed by atoms with Gasteiger partial charge in [-0.3, -0.25) is 0 Å². The molecule has 1 aliphatic rings. The second-order valence-electron chi connectivity index (χ2n) is 7.66. The second-order valence-corrected chi connectivity index (χ2v) is 7.66. The summed E-state index contributed by atoms with van der Waals surface area (Å²) in [6, 6.07) is 13.9. The molecule has 0 spiro atoms. The number of carboxylic acids is 1. The number of rotatable bonds is 3. The van der Waals surface area contributed by atoms with Gasteiger partial charge in [0.2, 0.25) is 0 Å². The van der Waals surface area contributed by atoms with Gasteiger partial charge in [-0.05, 0) is 65.5 Å². The van der Waals surface area contributed by atoms with E-state index in [2.05, 4.69) is 52.0 Å². The first-order valence-electron chi connectivity index (χ1n) is 9.46. The van der Waals surface area contributed by atoms with Crippen LogP contribution >= 0.6 is 0 Å². The van der Waals surface area contributed by atoms with Crippen molar-refractivity contribution in [3.63, 3.8) is 0 Å². The van der Waals surface area contributed by atoms with Gasteiger partial charge < -0.3 is 5.11 Å². The van der Waals surface area contributed by atoms with Crippen LogP contribution < -0.4 is 0 Å². The van der Waals surface area contributed by atoms with Crippen LogP contribution in [0.5, 0.6) is 0 Å². The molecule has 2 aromatic rings. The van der Waals surface area contributed by atoms with Crippen molar-refractivity contribution in [1.82, 2.24) is 0 Å². The van der Waals surface area contributed by atoms with Gasteiger partial charge >= 0.3 is 5.97 Å². The van der Waals surface area contributed by atoms with Crippen LogP contribution in [0.15, 0.2) is 48.5 Å². The van der Waals surface area contributed by atoms with Gasteiger partial charge in [0.05, 0.1) is 5.56 Å². The quantitative estimate of drug-likeness (QED) is 0.710. The fourth-order valence-electron chi connectivity index (χ4n) is 4.78. The molecular formula is C24H28O2. The summed E-state index contributed by atoms with van der Waals surface area (Å²) in [6.45, 7) is 11.2. The summed E-state index contributed by atoms with van der Waals surface area (Å²) in [6.07, 6.45) is 2.11. The number of benzene rings is 2. The first-order valence-corrected chi connectivity index (χ1v) is 9.46. The molecule has 2 heteroatoms. The number of carboxylic acid groups (broad SMARTS) is 1. The van der Waals surface area contributed by atoms with Gasteiger partial charge in [0.1, 0.15) is 0 Å². The highest BCUT2D eigenvalue weighted by molar-refractivity contribution is 5.95. The standard InChI is InChI=1S/C24H28O2/c1-6-18(19-11-7-8-12-20(19)24(25)26)23-17(5)15(3)16(4)22-14(2)10-9-13-21(22)23/h6-13,15-17,23H,1-5H3,(H,25,26)/b18-6-. The Kier molecular flexibility index (Phi) is 5.04. The number of carbonyl (C=O) groups is 1. The number of fused-ring (bicyclic) bond motifs is 1. The Labute approximate surface area is 156 Å². The number of hydrogen-bond acceptors (Lipinski definition) is 1. The molecular weight excluding hydrogens is 320 g/mol. The van der Waals surface area contributed by atoms with E-state index in [1.807, 2.05) is 19.1 Å². The van der Waals surface area contributed by atoms with Crippen LogP contribution in [-0.2, 0) is 0 Å². The monoisotopic (exact) mass is 348 g/mol. The summed E-state index contributed by atoms with van der Waals surface area (Å²) in [5, 5.41) is 9.68. The van der Waals surface area contributed by atoms with E-state index in [1.165, 1.54) is 16.7 Å². The third-order valence-electron chi connectivity index (χ3n) is 6.41. The maximum absolute atomic E-state index is 11.8. The van der Waals surface area contributed by atoms with Gasteiger partial charge in [-0.2, -0.15) is 0 Å². The minimum atomic E-state index is -0.866. The van der Waals surface area contributed by atoms with E-state index in [9.17, 15) is 9.90 Å². The van der Waals surface area contributed by atoms with Gasteiger partial charge in [0.15, 0.2) is 0 Å². The van der Waals surface area contributed by atoms with E-state index in [0.29, 0.717) is 23.3 Å². The zero-order chi connectivity index (χ0) is 19.0. The van der Waals surface area contributed by atoms with E-state index in [4.69, 9.17) is 0 Å². The van der Waals surface area contributed by atoms with E-state index >= 15 is 0 Å². The van der Waals surface area contributed by atoms with Gasteiger partial charge in [0, 0.05) is 5.92 Å². The predicted octanol–water partition coefficient (Wildman–Crippen LogP) is 6.27. The Morgan fingerprint density at radius 2 is 1.62 bits per heavy atom. The minimum absolute atomic E-state index is 0.210. The smallest absolute Gasteiger partial charge is 0.336 e. The zero-order valence-electron chi connectivity index (χ0n) is 16.3. The Morgan fingerprint density at radius 3 is 2.23 bits per heavy atom. The molecule has 2 nitrogen and oxygen atoms in total. The lowest BCUT2D eigenvalue weighted by atomic mass is 9.62. The van der Waals surface area contributed by atoms with Crippen molar-refractivity contribution in [3.8, 4) is 0 Å². The molecule has 0 heterocycles. The molecule has 0 saturated carbocycles. The van der Waals surface area contributed by atoms with Crippen LogP contribution in [0.1, 0.15) is 72.1 Å². The lowest BCUT2D eigenvalue weighted by molar-refractivity contribution is 0.0696. The molecule has 0 radical (unpaired) electrons. The molecule has 0 saturated heterocycles. The van der Waals surface area contributed by atoms with Gasteiger partial charge in [-0.25, -0.2) is 4.79 Å². The van der Waals surface area contributed by atoms with Crippen LogP contribution in [-0.4, -0.2) is 11.1 Å².